The molecule has 2 rings (SSSR count). The van der Waals surface area contributed by atoms with Crippen LogP contribution in [0, 0.1) is 0 Å². The number of unbranched alkanes of at least 4 members (excludes halogenated alkanes) is 1. The number of rotatable bonds is 8. The van der Waals surface area contributed by atoms with Gasteiger partial charge in [0.15, 0.2) is 17.8 Å². The Morgan fingerprint density at radius 1 is 1.19 bits per heavy atom. The molecule has 0 bridgehead atoms. The van der Waals surface area contributed by atoms with E-state index in [0.717, 1.165) is 25.7 Å². The van der Waals surface area contributed by atoms with Gasteiger partial charge in [0.2, 0.25) is 0 Å². The molecule has 1 aliphatic rings. The summed E-state index contributed by atoms with van der Waals surface area (Å²) in [6.45, 7) is 4.25. The highest BCUT2D eigenvalue weighted by molar-refractivity contribution is 5.81. The minimum absolute atomic E-state index is 0.547. The van der Waals surface area contributed by atoms with Gasteiger partial charge < -0.3 is 14.4 Å². The fraction of sp³-hybridized carbons (Fsp3) is 0.588. The van der Waals surface area contributed by atoms with Gasteiger partial charge in [0.25, 0.3) is 0 Å². The zero-order chi connectivity index (χ0) is 14.9. The number of likely N-dealkylation sites (tertiary alicyclic amines) is 1. The van der Waals surface area contributed by atoms with Crippen molar-refractivity contribution >= 4 is 6.29 Å². The number of hydrogen-bond donors (Lipinski definition) is 0. The Morgan fingerprint density at radius 2 is 2.00 bits per heavy atom. The highest BCUT2D eigenvalue weighted by Gasteiger charge is 2.11. The molecule has 4 heteroatoms. The minimum Gasteiger partial charge on any atom is -0.493 e. The molecule has 1 aromatic carbocycles. The third-order valence-corrected chi connectivity index (χ3v) is 3.92. The maximum absolute atomic E-state index is 11.0. The molecule has 0 aromatic heterocycles. The van der Waals surface area contributed by atoms with Crippen molar-refractivity contribution in [1.29, 1.82) is 0 Å². The first-order valence-corrected chi connectivity index (χ1v) is 7.82. The molecule has 0 spiro atoms. The van der Waals surface area contributed by atoms with Crippen LogP contribution in [-0.4, -0.2) is 44.5 Å². The van der Waals surface area contributed by atoms with Crippen molar-refractivity contribution in [2.45, 2.75) is 32.1 Å². The van der Waals surface area contributed by atoms with Crippen molar-refractivity contribution in [2.75, 3.05) is 33.4 Å². The third kappa shape index (κ3) is 4.74. The van der Waals surface area contributed by atoms with Crippen LogP contribution in [0.5, 0.6) is 11.5 Å². The molecule has 1 fully saturated rings. The molecule has 0 atom stereocenters. The molecule has 0 saturated carbocycles. The van der Waals surface area contributed by atoms with Crippen molar-refractivity contribution in [2.24, 2.45) is 0 Å². The third-order valence-electron chi connectivity index (χ3n) is 3.92. The first-order chi connectivity index (χ1) is 10.3. The number of nitrogens with zero attached hydrogens (tertiary/aromatic N) is 1. The number of ether oxygens (including phenoxy) is 2. The first kappa shape index (κ1) is 15.8. The molecule has 116 valence electrons. The Balaban J connectivity index is 1.74. The minimum atomic E-state index is 0.547. The number of para-hydroxylation sites is 1. The highest BCUT2D eigenvalue weighted by Crippen LogP contribution is 2.30. The molecule has 4 nitrogen and oxygen atoms in total. The van der Waals surface area contributed by atoms with Crippen LogP contribution in [-0.2, 0) is 0 Å². The van der Waals surface area contributed by atoms with Crippen LogP contribution >= 0.6 is 0 Å². The second-order valence-electron chi connectivity index (χ2n) is 5.45. The number of carbonyl (C=O) groups is 1. The van der Waals surface area contributed by atoms with Gasteiger partial charge >= 0.3 is 0 Å². The van der Waals surface area contributed by atoms with E-state index in [1.165, 1.54) is 32.4 Å². The van der Waals surface area contributed by atoms with Gasteiger partial charge in [-0.25, -0.2) is 0 Å². The van der Waals surface area contributed by atoms with Gasteiger partial charge in [0.05, 0.1) is 19.3 Å². The predicted molar refractivity (Wildman–Crippen MR) is 83.4 cm³/mol. The number of methoxy groups -OCH3 is 1. The molecule has 1 aromatic rings. The van der Waals surface area contributed by atoms with Gasteiger partial charge in [-0.05, 0) is 57.5 Å². The van der Waals surface area contributed by atoms with Crippen LogP contribution in [0.1, 0.15) is 42.5 Å². The van der Waals surface area contributed by atoms with Crippen LogP contribution in [0.2, 0.25) is 0 Å². The monoisotopic (exact) mass is 291 g/mol. The fourth-order valence-electron chi connectivity index (χ4n) is 2.74. The van der Waals surface area contributed by atoms with Crippen molar-refractivity contribution in [3.05, 3.63) is 23.8 Å². The lowest BCUT2D eigenvalue weighted by Crippen LogP contribution is -2.30. The van der Waals surface area contributed by atoms with Gasteiger partial charge in [-0.2, -0.15) is 0 Å². The molecule has 1 aliphatic heterocycles. The number of aldehydes is 1. The first-order valence-electron chi connectivity index (χ1n) is 7.82. The maximum Gasteiger partial charge on any atom is 0.171 e. The molecule has 0 N–H and O–H groups in total. The Kier molecular flexibility index (Phi) is 6.54. The van der Waals surface area contributed by atoms with Gasteiger partial charge in [-0.1, -0.05) is 12.5 Å². The number of benzene rings is 1. The molecule has 21 heavy (non-hydrogen) atoms. The lowest BCUT2D eigenvalue weighted by Gasteiger charge is -2.26. The molecule has 1 heterocycles. The summed E-state index contributed by atoms with van der Waals surface area (Å²) in [5.74, 6) is 1.18. The summed E-state index contributed by atoms with van der Waals surface area (Å²) in [5.41, 5.74) is 0.547. The largest absolute Gasteiger partial charge is 0.493 e. The Morgan fingerprint density at radius 3 is 2.71 bits per heavy atom. The SMILES string of the molecule is COc1cccc(C=O)c1OCCCCN1CCCCC1. The lowest BCUT2D eigenvalue weighted by molar-refractivity contribution is 0.111. The molecular weight excluding hydrogens is 266 g/mol. The summed E-state index contributed by atoms with van der Waals surface area (Å²) in [4.78, 5) is 13.6. The predicted octanol–water partition coefficient (Wildman–Crippen LogP) is 3.15. The Hall–Kier alpha value is -1.55. The summed E-state index contributed by atoms with van der Waals surface area (Å²) in [5, 5.41) is 0. The van der Waals surface area contributed by atoms with Crippen molar-refractivity contribution in [3.63, 3.8) is 0 Å². The van der Waals surface area contributed by atoms with Gasteiger partial charge in [-0.3, -0.25) is 4.79 Å². The topological polar surface area (TPSA) is 38.8 Å². The molecule has 0 radical (unpaired) electrons. The van der Waals surface area contributed by atoms with Crippen molar-refractivity contribution in [1.82, 2.24) is 4.90 Å². The number of piperidine rings is 1. The fourth-order valence-corrected chi connectivity index (χ4v) is 2.74. The van der Waals surface area contributed by atoms with Crippen molar-refractivity contribution in [3.8, 4) is 11.5 Å². The van der Waals surface area contributed by atoms with Gasteiger partial charge in [0, 0.05) is 0 Å². The Labute approximate surface area is 127 Å². The van der Waals surface area contributed by atoms with E-state index in [1.807, 2.05) is 6.07 Å². The summed E-state index contributed by atoms with van der Waals surface area (Å²) in [6, 6.07) is 5.36. The van der Waals surface area contributed by atoms with E-state index in [2.05, 4.69) is 4.90 Å². The summed E-state index contributed by atoms with van der Waals surface area (Å²) < 4.78 is 11.0. The average Bonchev–Trinajstić information content (AvgIpc) is 2.55. The van der Waals surface area contributed by atoms with E-state index >= 15 is 0 Å². The van der Waals surface area contributed by atoms with E-state index in [0.29, 0.717) is 23.7 Å². The normalized spacial score (nSPS) is 15.7. The second-order valence-corrected chi connectivity index (χ2v) is 5.45. The van der Waals surface area contributed by atoms with Crippen molar-refractivity contribution < 1.29 is 14.3 Å². The van der Waals surface area contributed by atoms with Crippen LogP contribution in [0.3, 0.4) is 0 Å². The average molecular weight is 291 g/mol. The molecule has 0 amide bonds. The number of hydrogen-bond acceptors (Lipinski definition) is 4. The van der Waals surface area contributed by atoms with E-state index in [-0.39, 0.29) is 0 Å². The maximum atomic E-state index is 11.0. The standard InChI is InChI=1S/C17H25NO3/c1-20-16-9-7-8-15(14-19)17(16)21-13-6-5-12-18-10-3-2-4-11-18/h7-9,14H,2-6,10-13H2,1H3. The zero-order valence-electron chi connectivity index (χ0n) is 12.8. The van der Waals surface area contributed by atoms with E-state index in [1.54, 1.807) is 19.2 Å². The summed E-state index contributed by atoms with van der Waals surface area (Å²) in [6.07, 6.45) is 6.98. The van der Waals surface area contributed by atoms with Gasteiger partial charge in [-0.15, -0.1) is 0 Å². The number of carbonyl (C=O) groups excluding carboxylic acids is 1. The van der Waals surface area contributed by atoms with E-state index < -0.39 is 0 Å². The molecule has 1 saturated heterocycles. The molecule has 0 aliphatic carbocycles. The smallest absolute Gasteiger partial charge is 0.171 e. The lowest BCUT2D eigenvalue weighted by atomic mass is 10.1. The molecule has 0 unspecified atom stereocenters. The van der Waals surface area contributed by atoms with Crippen LogP contribution < -0.4 is 9.47 Å². The Bertz CT molecular complexity index is 442. The quantitative estimate of drug-likeness (QED) is 0.545. The van der Waals surface area contributed by atoms with Crippen LogP contribution in [0.25, 0.3) is 0 Å². The van der Waals surface area contributed by atoms with Crippen LogP contribution in [0.15, 0.2) is 18.2 Å². The van der Waals surface area contributed by atoms with Gasteiger partial charge in [0.1, 0.15) is 0 Å². The van der Waals surface area contributed by atoms with E-state index in [9.17, 15) is 4.79 Å². The highest BCUT2D eigenvalue weighted by atomic mass is 16.5. The second kappa shape index (κ2) is 8.67. The summed E-state index contributed by atoms with van der Waals surface area (Å²) >= 11 is 0. The zero-order valence-corrected chi connectivity index (χ0v) is 12.8. The summed E-state index contributed by atoms with van der Waals surface area (Å²) in [7, 11) is 1.59. The van der Waals surface area contributed by atoms with Crippen LogP contribution in [0.4, 0.5) is 0 Å². The van der Waals surface area contributed by atoms with E-state index in [4.69, 9.17) is 9.47 Å². The molecular formula is C17H25NO3.